The number of rotatable bonds is 8. The smallest absolute Gasteiger partial charge is 0.223 e. The van der Waals surface area contributed by atoms with Crippen LogP contribution in [-0.4, -0.2) is 64.5 Å². The summed E-state index contributed by atoms with van der Waals surface area (Å²) < 4.78 is 15.9. The van der Waals surface area contributed by atoms with Crippen molar-refractivity contribution in [3.8, 4) is 0 Å². The predicted octanol–water partition coefficient (Wildman–Crippen LogP) is 8.33. The van der Waals surface area contributed by atoms with E-state index in [2.05, 4.69) is 93.2 Å². The van der Waals surface area contributed by atoms with E-state index in [0.29, 0.717) is 18.4 Å². The maximum absolute atomic E-state index is 11.9. The highest BCUT2D eigenvalue weighted by atomic mass is 16.5. The minimum absolute atomic E-state index is 0.0324. The Balaban J connectivity index is 0.000000192. The van der Waals surface area contributed by atoms with Crippen molar-refractivity contribution in [2.45, 2.75) is 112 Å². The molecule has 0 radical (unpaired) electrons. The lowest BCUT2D eigenvalue weighted by molar-refractivity contribution is -0.116. The van der Waals surface area contributed by atoms with Gasteiger partial charge in [-0.2, -0.15) is 0 Å². The summed E-state index contributed by atoms with van der Waals surface area (Å²) in [5.41, 5.74) is 6.56. The van der Waals surface area contributed by atoms with Crippen LogP contribution in [0.1, 0.15) is 99.6 Å². The molecule has 0 unspecified atom stereocenters. The maximum Gasteiger partial charge on any atom is 0.223 e. The molecule has 0 bridgehead atoms. The molecule has 9 heteroatoms. The first-order chi connectivity index (χ1) is 23.3. The van der Waals surface area contributed by atoms with Crippen LogP contribution in [-0.2, 0) is 38.2 Å². The minimum atomic E-state index is -0.0324. The van der Waals surface area contributed by atoms with E-state index >= 15 is 0 Å². The number of carbonyl (C=O) groups excluding carboxylic acids is 1. The van der Waals surface area contributed by atoms with E-state index in [9.17, 15) is 4.79 Å². The van der Waals surface area contributed by atoms with Gasteiger partial charge in [0.1, 0.15) is 11.6 Å². The van der Waals surface area contributed by atoms with E-state index < -0.39 is 0 Å². The van der Waals surface area contributed by atoms with Gasteiger partial charge in [0.25, 0.3) is 0 Å². The fraction of sp³-hybridized carbons (Fsp3) is 0.625. The average Bonchev–Trinajstić information content (AvgIpc) is 3.61. The number of carbonyl (C=O) groups is 1. The normalized spacial score (nSPS) is 16.5. The van der Waals surface area contributed by atoms with Gasteiger partial charge in [-0.3, -0.25) is 4.79 Å². The number of fused-ring (bicyclic) bond motifs is 2. The number of hydrogen-bond donors (Lipinski definition) is 1. The van der Waals surface area contributed by atoms with Crippen LogP contribution in [0.3, 0.4) is 0 Å². The molecule has 1 N–H and O–H groups in total. The third-order valence-corrected chi connectivity index (χ3v) is 9.77. The van der Waals surface area contributed by atoms with Crippen molar-refractivity contribution >= 4 is 39.3 Å². The van der Waals surface area contributed by atoms with Crippen LogP contribution in [0, 0.1) is 11.8 Å². The summed E-state index contributed by atoms with van der Waals surface area (Å²) in [6, 6.07) is 12.8. The first kappa shape index (κ1) is 36.8. The van der Waals surface area contributed by atoms with Gasteiger partial charge in [-0.05, 0) is 87.8 Å². The molecule has 4 aromatic rings. The van der Waals surface area contributed by atoms with Crippen molar-refractivity contribution in [3.05, 3.63) is 48.0 Å². The van der Waals surface area contributed by atoms with Gasteiger partial charge < -0.3 is 28.8 Å². The number of aromatic nitrogens is 4. The summed E-state index contributed by atoms with van der Waals surface area (Å²) in [5.74, 6) is 3.68. The van der Waals surface area contributed by atoms with Crippen LogP contribution in [0.5, 0.6) is 0 Å². The largest absolute Gasteiger partial charge is 0.385 e. The Labute approximate surface area is 293 Å². The summed E-state index contributed by atoms with van der Waals surface area (Å²) in [6.45, 7) is 26.2. The third-order valence-electron chi connectivity index (χ3n) is 9.77. The van der Waals surface area contributed by atoms with Gasteiger partial charge >= 0.3 is 0 Å². The lowest BCUT2D eigenvalue weighted by Crippen LogP contribution is -2.27. The fourth-order valence-corrected chi connectivity index (χ4v) is 7.21. The lowest BCUT2D eigenvalue weighted by Gasteiger charge is -2.26. The van der Waals surface area contributed by atoms with E-state index in [-0.39, 0.29) is 16.7 Å². The van der Waals surface area contributed by atoms with Crippen LogP contribution in [0.15, 0.2) is 36.4 Å². The number of amides is 1. The Bertz CT molecular complexity index is 1700. The SMILES string of the molecule is CCN(C(C)=O)c1ccc2c(c1)nc(C(C)(C)C)n2CC1CCOCC1.CCNc1ccc2c(c1)nc(C(C)(C)C)n2CC1CCOCC1. The highest BCUT2D eigenvalue weighted by Crippen LogP contribution is 2.32. The Hall–Kier alpha value is -3.43. The van der Waals surface area contributed by atoms with Crippen LogP contribution >= 0.6 is 0 Å². The molecule has 6 rings (SSSR count). The Morgan fingerprint density at radius 1 is 0.776 bits per heavy atom. The molecule has 2 saturated heterocycles. The molecule has 0 spiro atoms. The van der Waals surface area contributed by atoms with Crippen molar-refractivity contribution in [2.24, 2.45) is 11.8 Å². The first-order valence-electron chi connectivity index (χ1n) is 18.5. The Morgan fingerprint density at radius 3 is 1.67 bits per heavy atom. The molecule has 2 aliphatic rings. The summed E-state index contributed by atoms with van der Waals surface area (Å²) in [4.78, 5) is 23.6. The second-order valence-electron chi connectivity index (χ2n) is 15.9. The topological polar surface area (TPSA) is 86.4 Å². The zero-order chi connectivity index (χ0) is 35.3. The molecule has 268 valence electrons. The lowest BCUT2D eigenvalue weighted by atomic mass is 9.94. The van der Waals surface area contributed by atoms with Crippen molar-refractivity contribution in [3.63, 3.8) is 0 Å². The van der Waals surface area contributed by atoms with Gasteiger partial charge in [0, 0.05) is 81.7 Å². The van der Waals surface area contributed by atoms with Gasteiger partial charge in [0.2, 0.25) is 5.91 Å². The van der Waals surface area contributed by atoms with Crippen molar-refractivity contribution in [1.29, 1.82) is 0 Å². The highest BCUT2D eigenvalue weighted by molar-refractivity contribution is 5.94. The number of nitrogens with zero attached hydrogens (tertiary/aromatic N) is 5. The Kier molecular flexibility index (Phi) is 11.8. The molecular weight excluding hydrogens is 612 g/mol. The van der Waals surface area contributed by atoms with E-state index in [0.717, 1.165) is 105 Å². The molecule has 2 aromatic heterocycles. The van der Waals surface area contributed by atoms with Crippen molar-refractivity contribution in [2.75, 3.05) is 49.7 Å². The van der Waals surface area contributed by atoms with Crippen molar-refractivity contribution in [1.82, 2.24) is 19.1 Å². The molecule has 2 aromatic carbocycles. The number of ether oxygens (including phenoxy) is 2. The van der Waals surface area contributed by atoms with Gasteiger partial charge in [-0.1, -0.05) is 41.5 Å². The highest BCUT2D eigenvalue weighted by Gasteiger charge is 2.27. The van der Waals surface area contributed by atoms with Crippen LogP contribution in [0.4, 0.5) is 11.4 Å². The summed E-state index contributed by atoms with van der Waals surface area (Å²) in [5, 5.41) is 3.38. The number of nitrogens with one attached hydrogen (secondary N) is 1. The molecule has 2 aliphatic heterocycles. The molecule has 1 amide bonds. The summed E-state index contributed by atoms with van der Waals surface area (Å²) in [7, 11) is 0. The second-order valence-corrected chi connectivity index (χ2v) is 15.9. The number of benzene rings is 2. The molecule has 0 saturated carbocycles. The number of anilines is 2. The van der Waals surface area contributed by atoms with Gasteiger partial charge in [0.15, 0.2) is 0 Å². The van der Waals surface area contributed by atoms with Gasteiger partial charge in [0.05, 0.1) is 22.1 Å². The average molecular weight is 673 g/mol. The molecule has 49 heavy (non-hydrogen) atoms. The third kappa shape index (κ3) is 8.84. The first-order valence-corrected chi connectivity index (χ1v) is 18.5. The van der Waals surface area contributed by atoms with Crippen molar-refractivity contribution < 1.29 is 14.3 Å². The number of imidazole rings is 2. The van der Waals surface area contributed by atoms with Crippen LogP contribution in [0.25, 0.3) is 22.1 Å². The maximum atomic E-state index is 11.9. The molecule has 0 atom stereocenters. The monoisotopic (exact) mass is 672 g/mol. The van der Waals surface area contributed by atoms with E-state index in [1.165, 1.54) is 11.3 Å². The van der Waals surface area contributed by atoms with Gasteiger partial charge in [-0.15, -0.1) is 0 Å². The van der Waals surface area contributed by atoms with E-state index in [1.807, 2.05) is 13.0 Å². The summed E-state index contributed by atoms with van der Waals surface area (Å²) in [6.07, 6.45) is 4.52. The Morgan fingerprint density at radius 2 is 1.24 bits per heavy atom. The van der Waals surface area contributed by atoms with E-state index in [1.54, 1.807) is 11.8 Å². The predicted molar refractivity (Wildman–Crippen MR) is 202 cm³/mol. The standard InChI is InChI=1S/C21H31N3O2.C19H29N3O/c1-6-23(15(2)25)17-7-8-19-18(13-17)22-20(21(3,4)5)24(19)14-16-9-11-26-12-10-16;1-5-20-15-6-7-17-16(12-15)21-18(19(2,3)4)22(17)13-14-8-10-23-11-9-14/h7-8,13,16H,6,9-12,14H2,1-5H3;6-7,12,14,20H,5,8-11,13H2,1-4H3. The summed E-state index contributed by atoms with van der Waals surface area (Å²) >= 11 is 0. The molecule has 4 heterocycles. The molecule has 9 nitrogen and oxygen atoms in total. The van der Waals surface area contributed by atoms with Crippen LogP contribution in [0.2, 0.25) is 0 Å². The number of hydrogen-bond acceptors (Lipinski definition) is 6. The van der Waals surface area contributed by atoms with Gasteiger partial charge in [-0.25, -0.2) is 9.97 Å². The zero-order valence-corrected chi connectivity index (χ0v) is 31.6. The molecule has 0 aliphatic carbocycles. The van der Waals surface area contributed by atoms with Crippen LogP contribution < -0.4 is 10.2 Å². The minimum Gasteiger partial charge on any atom is -0.385 e. The zero-order valence-electron chi connectivity index (χ0n) is 31.6. The fourth-order valence-electron chi connectivity index (χ4n) is 7.21. The molecular formula is C40H60N6O3. The molecule has 2 fully saturated rings. The quantitative estimate of drug-likeness (QED) is 0.203. The second kappa shape index (κ2) is 15.6. The van der Waals surface area contributed by atoms with E-state index in [4.69, 9.17) is 19.4 Å².